The number of amides is 1. The summed E-state index contributed by atoms with van der Waals surface area (Å²) >= 11 is 0. The Labute approximate surface area is 114 Å². The van der Waals surface area contributed by atoms with Crippen LogP contribution in [0, 0.1) is 0 Å². The maximum atomic E-state index is 11.7. The Morgan fingerprint density at radius 3 is 2.89 bits per heavy atom. The average Bonchev–Trinajstić information content (AvgIpc) is 2.89. The van der Waals surface area contributed by atoms with Crippen molar-refractivity contribution in [3.05, 3.63) is 29.8 Å². The van der Waals surface area contributed by atoms with Crippen molar-refractivity contribution >= 4 is 5.91 Å². The van der Waals surface area contributed by atoms with Gasteiger partial charge in [0.1, 0.15) is 5.75 Å². The fourth-order valence-electron chi connectivity index (χ4n) is 2.38. The van der Waals surface area contributed by atoms with Gasteiger partial charge < -0.3 is 15.8 Å². The standard InChI is InChI=1S/C15H22N2O2/c1-11(16)12-5-4-8-14(9-12)19-10-15(18)17-13-6-2-3-7-13/h4-5,8-9,11,13H,2-3,6-7,10,16H2,1H3,(H,17,18). The van der Waals surface area contributed by atoms with Crippen molar-refractivity contribution in [3.63, 3.8) is 0 Å². The van der Waals surface area contributed by atoms with Gasteiger partial charge in [0.15, 0.2) is 6.61 Å². The van der Waals surface area contributed by atoms with Crippen molar-refractivity contribution in [3.8, 4) is 5.75 Å². The molecule has 0 heterocycles. The number of nitrogens with one attached hydrogen (secondary N) is 1. The van der Waals surface area contributed by atoms with E-state index in [9.17, 15) is 4.79 Å². The van der Waals surface area contributed by atoms with Gasteiger partial charge in [-0.15, -0.1) is 0 Å². The van der Waals surface area contributed by atoms with Crippen LogP contribution in [0.3, 0.4) is 0 Å². The molecule has 19 heavy (non-hydrogen) atoms. The minimum Gasteiger partial charge on any atom is -0.484 e. The maximum Gasteiger partial charge on any atom is 0.258 e. The van der Waals surface area contributed by atoms with E-state index in [1.807, 2.05) is 31.2 Å². The maximum absolute atomic E-state index is 11.7. The van der Waals surface area contributed by atoms with Gasteiger partial charge in [-0.3, -0.25) is 4.79 Å². The van der Waals surface area contributed by atoms with Gasteiger partial charge in [-0.05, 0) is 37.5 Å². The Morgan fingerprint density at radius 1 is 1.47 bits per heavy atom. The molecule has 4 heteroatoms. The van der Waals surface area contributed by atoms with Crippen molar-refractivity contribution < 1.29 is 9.53 Å². The van der Waals surface area contributed by atoms with E-state index >= 15 is 0 Å². The number of rotatable bonds is 5. The molecule has 0 aliphatic heterocycles. The summed E-state index contributed by atoms with van der Waals surface area (Å²) in [6.07, 6.45) is 4.60. The van der Waals surface area contributed by atoms with Crippen LogP contribution in [-0.2, 0) is 4.79 Å². The van der Waals surface area contributed by atoms with Gasteiger partial charge in [-0.1, -0.05) is 25.0 Å². The Balaban J connectivity index is 1.80. The first kappa shape index (κ1) is 13.9. The van der Waals surface area contributed by atoms with E-state index in [4.69, 9.17) is 10.5 Å². The van der Waals surface area contributed by atoms with Crippen molar-refractivity contribution in [2.45, 2.75) is 44.7 Å². The molecule has 1 atom stereocenters. The SMILES string of the molecule is CC(N)c1cccc(OCC(=O)NC2CCCC2)c1. The van der Waals surface area contributed by atoms with Gasteiger partial charge in [0.05, 0.1) is 0 Å². The first-order valence-electron chi connectivity index (χ1n) is 6.93. The molecule has 2 rings (SSSR count). The fourth-order valence-corrected chi connectivity index (χ4v) is 2.38. The van der Waals surface area contributed by atoms with Gasteiger partial charge in [0.2, 0.25) is 0 Å². The molecule has 0 aromatic heterocycles. The monoisotopic (exact) mass is 262 g/mol. The van der Waals surface area contributed by atoms with Crippen LogP contribution >= 0.6 is 0 Å². The lowest BCUT2D eigenvalue weighted by Crippen LogP contribution is -2.36. The zero-order valence-electron chi connectivity index (χ0n) is 11.4. The van der Waals surface area contributed by atoms with Gasteiger partial charge in [0, 0.05) is 12.1 Å². The Bertz CT molecular complexity index is 426. The third kappa shape index (κ3) is 4.24. The quantitative estimate of drug-likeness (QED) is 0.854. The van der Waals surface area contributed by atoms with E-state index in [2.05, 4.69) is 5.32 Å². The first-order valence-corrected chi connectivity index (χ1v) is 6.93. The van der Waals surface area contributed by atoms with E-state index in [1.165, 1.54) is 12.8 Å². The molecule has 0 bridgehead atoms. The first-order chi connectivity index (χ1) is 9.15. The molecule has 1 aromatic carbocycles. The number of nitrogens with two attached hydrogens (primary N) is 1. The lowest BCUT2D eigenvalue weighted by atomic mass is 10.1. The molecule has 1 aliphatic rings. The van der Waals surface area contributed by atoms with E-state index in [-0.39, 0.29) is 18.6 Å². The number of carbonyl (C=O) groups excluding carboxylic acids is 1. The summed E-state index contributed by atoms with van der Waals surface area (Å²) in [5.74, 6) is 0.648. The molecule has 3 N–H and O–H groups in total. The number of ether oxygens (including phenoxy) is 1. The summed E-state index contributed by atoms with van der Waals surface area (Å²) in [5, 5.41) is 3.00. The zero-order valence-corrected chi connectivity index (χ0v) is 11.4. The molecule has 0 saturated heterocycles. The lowest BCUT2D eigenvalue weighted by Gasteiger charge is -2.13. The van der Waals surface area contributed by atoms with E-state index in [1.54, 1.807) is 0 Å². The molecular formula is C15H22N2O2. The summed E-state index contributed by atoms with van der Waals surface area (Å²) in [6, 6.07) is 7.88. The highest BCUT2D eigenvalue weighted by Gasteiger charge is 2.17. The number of hydrogen-bond acceptors (Lipinski definition) is 3. The molecular weight excluding hydrogens is 240 g/mol. The largest absolute Gasteiger partial charge is 0.484 e. The highest BCUT2D eigenvalue weighted by Crippen LogP contribution is 2.18. The second-order valence-electron chi connectivity index (χ2n) is 5.20. The van der Waals surface area contributed by atoms with Crippen LogP contribution in [0.4, 0.5) is 0 Å². The smallest absolute Gasteiger partial charge is 0.258 e. The van der Waals surface area contributed by atoms with E-state index in [0.29, 0.717) is 11.8 Å². The lowest BCUT2D eigenvalue weighted by molar-refractivity contribution is -0.123. The van der Waals surface area contributed by atoms with Crippen molar-refractivity contribution in [1.82, 2.24) is 5.32 Å². The van der Waals surface area contributed by atoms with Gasteiger partial charge in [0.25, 0.3) is 5.91 Å². The predicted molar refractivity (Wildman–Crippen MR) is 74.9 cm³/mol. The van der Waals surface area contributed by atoms with E-state index in [0.717, 1.165) is 18.4 Å². The van der Waals surface area contributed by atoms with E-state index < -0.39 is 0 Å². The molecule has 0 spiro atoms. The molecule has 1 saturated carbocycles. The van der Waals surface area contributed by atoms with Crippen LogP contribution in [0.2, 0.25) is 0 Å². The fraction of sp³-hybridized carbons (Fsp3) is 0.533. The van der Waals surface area contributed by atoms with Gasteiger partial charge in [-0.2, -0.15) is 0 Å². The Morgan fingerprint density at radius 2 is 2.21 bits per heavy atom. The molecule has 1 unspecified atom stereocenters. The number of carbonyl (C=O) groups is 1. The Hall–Kier alpha value is -1.55. The summed E-state index contributed by atoms with van der Waals surface area (Å²) < 4.78 is 5.50. The molecule has 1 aliphatic carbocycles. The van der Waals surface area contributed by atoms with Crippen LogP contribution in [0.15, 0.2) is 24.3 Å². The molecule has 1 aromatic rings. The van der Waals surface area contributed by atoms with Crippen LogP contribution < -0.4 is 15.8 Å². The number of hydrogen-bond donors (Lipinski definition) is 2. The molecule has 0 radical (unpaired) electrons. The van der Waals surface area contributed by atoms with Crippen LogP contribution in [0.1, 0.15) is 44.2 Å². The Kier molecular flexibility index (Phi) is 4.80. The minimum atomic E-state index is -0.0434. The molecule has 1 fully saturated rings. The van der Waals surface area contributed by atoms with Gasteiger partial charge in [-0.25, -0.2) is 0 Å². The predicted octanol–water partition coefficient (Wildman–Crippen LogP) is 2.14. The third-order valence-electron chi connectivity index (χ3n) is 3.47. The van der Waals surface area contributed by atoms with Crippen molar-refractivity contribution in [2.75, 3.05) is 6.61 Å². The number of benzene rings is 1. The average molecular weight is 262 g/mol. The minimum absolute atomic E-state index is 0.0316. The summed E-state index contributed by atoms with van der Waals surface area (Å²) in [5.41, 5.74) is 6.82. The summed E-state index contributed by atoms with van der Waals surface area (Å²) in [7, 11) is 0. The second kappa shape index (κ2) is 6.57. The zero-order chi connectivity index (χ0) is 13.7. The highest BCUT2D eigenvalue weighted by molar-refractivity contribution is 5.77. The van der Waals surface area contributed by atoms with Crippen molar-refractivity contribution in [2.24, 2.45) is 5.73 Å². The van der Waals surface area contributed by atoms with Gasteiger partial charge >= 0.3 is 0 Å². The van der Waals surface area contributed by atoms with Crippen molar-refractivity contribution in [1.29, 1.82) is 0 Å². The molecule has 104 valence electrons. The van der Waals surface area contributed by atoms with Crippen LogP contribution in [0.5, 0.6) is 5.75 Å². The van der Waals surface area contributed by atoms with Crippen LogP contribution in [0.25, 0.3) is 0 Å². The normalized spacial score (nSPS) is 17.2. The highest BCUT2D eigenvalue weighted by atomic mass is 16.5. The topological polar surface area (TPSA) is 64.3 Å². The third-order valence-corrected chi connectivity index (χ3v) is 3.47. The molecule has 4 nitrogen and oxygen atoms in total. The summed E-state index contributed by atoms with van der Waals surface area (Å²) in [6.45, 7) is 1.99. The summed E-state index contributed by atoms with van der Waals surface area (Å²) in [4.78, 5) is 11.7. The van der Waals surface area contributed by atoms with Crippen LogP contribution in [-0.4, -0.2) is 18.6 Å². The molecule has 1 amide bonds. The second-order valence-corrected chi connectivity index (χ2v) is 5.20.